The van der Waals surface area contributed by atoms with Crippen molar-refractivity contribution >= 4 is 10.4 Å². The van der Waals surface area contributed by atoms with Crippen LogP contribution in [-0.4, -0.2) is 13.7 Å². The van der Waals surface area contributed by atoms with E-state index in [1.165, 1.54) is 0 Å². The van der Waals surface area contributed by atoms with Crippen LogP contribution < -0.4 is 29.6 Å². The monoisotopic (exact) mass is 164 g/mol. The Labute approximate surface area is 76.3 Å². The predicted octanol–water partition coefficient (Wildman–Crippen LogP) is -3.00. The molecule has 5 nitrogen and oxygen atoms in total. The molecular formula is C2H5NaO5S. The summed E-state index contributed by atoms with van der Waals surface area (Å²) in [5, 5.41) is 7.46. The van der Waals surface area contributed by atoms with Crippen molar-refractivity contribution in [2.45, 2.75) is 0 Å². The molecule has 0 aliphatic carbocycles. The maximum absolute atomic E-state index is 9.83. The molecule has 0 amide bonds. The molecule has 50 valence electrons. The molecule has 0 saturated heterocycles. The molecule has 0 aromatic heterocycles. The maximum Gasteiger partial charge on any atom is 1.00 e. The third-order valence-corrected chi connectivity index (χ3v) is 0.832. The van der Waals surface area contributed by atoms with Gasteiger partial charge in [0.05, 0.1) is 0 Å². The van der Waals surface area contributed by atoms with Crippen molar-refractivity contribution in [1.29, 1.82) is 0 Å². The summed E-state index contributed by atoms with van der Waals surface area (Å²) in [7, 11) is -4.23. The molecule has 0 aromatic carbocycles. The molecule has 7 heteroatoms. The topological polar surface area (TPSA) is 72.8 Å². The van der Waals surface area contributed by atoms with Crippen molar-refractivity contribution < 1.29 is 53.2 Å². The summed E-state index contributed by atoms with van der Waals surface area (Å²) in [4.78, 5) is 0. The zero-order valence-corrected chi connectivity index (χ0v) is 7.59. The fourth-order valence-electron chi connectivity index (χ4n) is 0.101. The molecule has 0 atom stereocenters. The molecule has 0 saturated carbocycles. The van der Waals surface area contributed by atoms with Gasteiger partial charge in [0.1, 0.15) is 6.26 Å². The van der Waals surface area contributed by atoms with Crippen molar-refractivity contribution in [2.75, 3.05) is 0 Å². The van der Waals surface area contributed by atoms with Gasteiger partial charge < -0.3 is 5.61 Å². The van der Waals surface area contributed by atoms with Gasteiger partial charge in [-0.1, -0.05) is 10.9 Å². The quantitative estimate of drug-likeness (QED) is 0.208. The Morgan fingerprint density at radius 1 is 1.67 bits per heavy atom. The van der Waals surface area contributed by atoms with Crippen molar-refractivity contribution in [3.05, 3.63) is 12.8 Å². The second-order valence-electron chi connectivity index (χ2n) is 0.746. The molecule has 0 unspecified atom stereocenters. The van der Waals surface area contributed by atoms with Gasteiger partial charge in [-0.2, -0.15) is 8.42 Å². The first kappa shape index (κ1) is 12.1. The van der Waals surface area contributed by atoms with Crippen molar-refractivity contribution in [2.24, 2.45) is 0 Å². The van der Waals surface area contributed by atoms with Crippen LogP contribution in [0.4, 0.5) is 0 Å². The van der Waals surface area contributed by atoms with E-state index in [0.717, 1.165) is 0 Å². The number of rotatable bonds is 3. The van der Waals surface area contributed by atoms with E-state index < -0.39 is 10.4 Å². The van der Waals surface area contributed by atoms with Gasteiger partial charge in [0.25, 0.3) is 0 Å². The first-order chi connectivity index (χ1) is 3.62. The van der Waals surface area contributed by atoms with Crippen LogP contribution >= 0.6 is 0 Å². The van der Waals surface area contributed by atoms with E-state index in [2.05, 4.69) is 15.1 Å². The van der Waals surface area contributed by atoms with Crippen LogP contribution in [0.2, 0.25) is 0 Å². The fourth-order valence-corrected chi connectivity index (χ4v) is 0.303. The van der Waals surface area contributed by atoms with Crippen LogP contribution in [0.3, 0.4) is 0 Å². The Kier molecular flexibility index (Phi) is 7.02. The van der Waals surface area contributed by atoms with Crippen LogP contribution in [0.25, 0.3) is 0 Å². The Bertz CT molecular complexity index is 164. The Hall–Kier alpha value is 0.410. The third-order valence-electron chi connectivity index (χ3n) is 0.277. The zero-order chi connectivity index (χ0) is 6.62. The normalized spacial score (nSPS) is 9.44. The second-order valence-corrected chi connectivity index (χ2v) is 1.90. The Morgan fingerprint density at radius 2 is 2.11 bits per heavy atom. The molecule has 0 fully saturated rings. The fraction of sp³-hybridized carbons (Fsp3) is 0. The van der Waals surface area contributed by atoms with Crippen LogP contribution in [0.15, 0.2) is 12.8 Å². The van der Waals surface area contributed by atoms with Gasteiger partial charge in [-0.3, -0.25) is 0 Å². The summed E-state index contributed by atoms with van der Waals surface area (Å²) in [5.41, 5.74) is 0. The van der Waals surface area contributed by atoms with E-state index in [1.54, 1.807) is 0 Å². The van der Waals surface area contributed by atoms with Gasteiger partial charge >= 0.3 is 40.0 Å². The molecule has 0 radical (unpaired) electrons. The minimum absolute atomic E-state index is 0. The SMILES string of the molecule is C=COS(=O)(=O)OO.[H-].[Na+]. The molecule has 0 aromatic rings. The van der Waals surface area contributed by atoms with Crippen molar-refractivity contribution in [3.63, 3.8) is 0 Å². The summed E-state index contributed by atoms with van der Waals surface area (Å²) in [5.74, 6) is 0. The predicted molar refractivity (Wildman–Crippen MR) is 25.0 cm³/mol. The zero-order valence-electron chi connectivity index (χ0n) is 5.77. The van der Waals surface area contributed by atoms with Crippen LogP contribution in [-0.2, 0) is 18.9 Å². The van der Waals surface area contributed by atoms with Gasteiger partial charge in [-0.25, -0.2) is 5.26 Å². The van der Waals surface area contributed by atoms with Crippen molar-refractivity contribution in [1.82, 2.24) is 0 Å². The molecule has 9 heavy (non-hydrogen) atoms. The van der Waals surface area contributed by atoms with Crippen LogP contribution in [0, 0.1) is 0 Å². The smallest absolute Gasteiger partial charge is 1.00 e. The van der Waals surface area contributed by atoms with Gasteiger partial charge in [-0.05, 0) is 0 Å². The van der Waals surface area contributed by atoms with E-state index in [1.807, 2.05) is 0 Å². The Balaban J connectivity index is -0.000000245. The van der Waals surface area contributed by atoms with Gasteiger partial charge in [0.15, 0.2) is 0 Å². The van der Waals surface area contributed by atoms with E-state index in [9.17, 15) is 8.42 Å². The van der Waals surface area contributed by atoms with Gasteiger partial charge in [0.2, 0.25) is 0 Å². The third kappa shape index (κ3) is 6.29. The molecule has 0 heterocycles. The summed E-state index contributed by atoms with van der Waals surface area (Å²) in [6.07, 6.45) is 0.617. The van der Waals surface area contributed by atoms with E-state index in [4.69, 9.17) is 5.26 Å². The minimum atomic E-state index is -4.23. The molecule has 0 spiro atoms. The molecular weight excluding hydrogens is 159 g/mol. The summed E-state index contributed by atoms with van der Waals surface area (Å²) < 4.78 is 26.2. The summed E-state index contributed by atoms with van der Waals surface area (Å²) in [6.45, 7) is 2.90. The largest absolute Gasteiger partial charge is 1.00 e. The van der Waals surface area contributed by atoms with E-state index in [0.29, 0.717) is 6.26 Å². The van der Waals surface area contributed by atoms with Crippen LogP contribution in [0.1, 0.15) is 1.43 Å². The number of hydrogen-bond donors (Lipinski definition) is 1. The molecule has 0 aliphatic rings. The summed E-state index contributed by atoms with van der Waals surface area (Å²) >= 11 is 0. The van der Waals surface area contributed by atoms with Gasteiger partial charge in [-0.15, -0.1) is 0 Å². The van der Waals surface area contributed by atoms with E-state index >= 15 is 0 Å². The van der Waals surface area contributed by atoms with Crippen LogP contribution in [0.5, 0.6) is 0 Å². The first-order valence-corrected chi connectivity index (χ1v) is 2.83. The molecule has 0 bridgehead atoms. The minimum Gasteiger partial charge on any atom is -1.00 e. The molecule has 1 N–H and O–H groups in total. The molecule has 0 rings (SSSR count). The molecule has 0 aliphatic heterocycles. The average molecular weight is 164 g/mol. The standard InChI is InChI=1S/C2H4O5S.Na.H/c1-2-6-8(4,5)7-3;;/h2-3H,1H2;;/q;+1;-1. The van der Waals surface area contributed by atoms with Gasteiger partial charge in [0, 0.05) is 0 Å². The second kappa shape index (κ2) is 5.21. The number of hydrogen-bond acceptors (Lipinski definition) is 5. The Morgan fingerprint density at radius 3 is 2.22 bits per heavy atom. The average Bonchev–Trinajstić information content (AvgIpc) is 1.67. The summed E-state index contributed by atoms with van der Waals surface area (Å²) in [6, 6.07) is 0. The van der Waals surface area contributed by atoms with Crippen molar-refractivity contribution in [3.8, 4) is 0 Å². The first-order valence-electron chi connectivity index (χ1n) is 1.49. The van der Waals surface area contributed by atoms with E-state index in [-0.39, 0.29) is 31.0 Å². The maximum atomic E-state index is 9.83.